The molecule has 3 N–H and O–H groups in total. The summed E-state index contributed by atoms with van der Waals surface area (Å²) in [6.45, 7) is 20.6. The number of nitrogens with one attached hydrogen (secondary N) is 3. The Labute approximate surface area is 377 Å². The number of hydrogen-bond acceptors (Lipinski definition) is 16. The van der Waals surface area contributed by atoms with E-state index in [1.54, 1.807) is 45.9 Å². The van der Waals surface area contributed by atoms with Crippen LogP contribution < -0.4 is 25.0 Å². The third-order valence-corrected chi connectivity index (χ3v) is 11.3. The molecule has 2 aliphatic heterocycles. The van der Waals surface area contributed by atoms with Crippen molar-refractivity contribution in [2.75, 3.05) is 75.9 Å². The lowest BCUT2D eigenvalue weighted by Gasteiger charge is -2.39. The standard InChI is InChI=1S/C44H60N8O11S/c1-10-50(11-2)17-16-45-41(57)38-26(3)35(46-27(38)4)23-33-32-22-30(12-13-34(32)47-40(33)56)62-36(54)14-15-37(55)63-31(24-52(44(7,8)9)43(58)28(5)61-29(6)53)25-60-42-39(48-64-49-42)51-18-20-59-21-19-51/h12-13,22-23,28,31,46H,10-11,14-21,24-25H2,1-9H3,(H,45,57)(H,47,56)/b33-23-/t28?,31-/m0/s1. The van der Waals surface area contributed by atoms with Crippen LogP contribution in [0.3, 0.4) is 0 Å². The average molecular weight is 909 g/mol. The molecule has 1 aromatic carbocycles. The fraction of sp³-hybridized carbons (Fsp3) is 0.545. The third kappa shape index (κ3) is 12.9. The monoisotopic (exact) mass is 908 g/mol. The number of aromatic amines is 1. The van der Waals surface area contributed by atoms with Gasteiger partial charge in [0.2, 0.25) is 5.82 Å². The molecule has 5 rings (SSSR count). The van der Waals surface area contributed by atoms with Gasteiger partial charge in [-0.3, -0.25) is 28.8 Å². The van der Waals surface area contributed by atoms with Gasteiger partial charge in [-0.1, -0.05) is 13.8 Å². The van der Waals surface area contributed by atoms with Gasteiger partial charge in [-0.05, 0) is 84.5 Å². The van der Waals surface area contributed by atoms with Gasteiger partial charge in [0.05, 0.1) is 55.5 Å². The minimum atomic E-state index is -1.11. The van der Waals surface area contributed by atoms with Crippen molar-refractivity contribution in [3.05, 3.63) is 46.3 Å². The number of ether oxygens (including phenoxy) is 5. The average Bonchev–Trinajstić information content (AvgIpc) is 3.93. The molecule has 1 unspecified atom stereocenters. The number of rotatable bonds is 20. The Balaban J connectivity index is 1.25. The zero-order valence-electron chi connectivity index (χ0n) is 38.1. The topological polar surface area (TPSA) is 224 Å². The number of nitrogens with zero attached hydrogens (tertiary/aromatic N) is 5. The predicted molar refractivity (Wildman–Crippen MR) is 239 cm³/mol. The summed E-state index contributed by atoms with van der Waals surface area (Å²) >= 11 is 0.965. The van der Waals surface area contributed by atoms with Gasteiger partial charge in [-0.15, -0.1) is 4.37 Å². The number of fused-ring (bicyclic) bond motifs is 1. The lowest BCUT2D eigenvalue weighted by Crippen LogP contribution is -2.54. The molecule has 2 aliphatic rings. The summed E-state index contributed by atoms with van der Waals surface area (Å²) in [6.07, 6.45) is -1.21. The molecule has 20 heteroatoms. The van der Waals surface area contributed by atoms with Crippen LogP contribution in [0, 0.1) is 13.8 Å². The van der Waals surface area contributed by atoms with Gasteiger partial charge < -0.3 is 54.0 Å². The molecule has 1 saturated heterocycles. The Morgan fingerprint density at radius 3 is 2.41 bits per heavy atom. The van der Waals surface area contributed by atoms with E-state index in [1.165, 1.54) is 24.8 Å². The van der Waals surface area contributed by atoms with Gasteiger partial charge in [0, 0.05) is 61.3 Å². The molecular weight excluding hydrogens is 849 g/mol. The Hall–Kier alpha value is -5.86. The minimum Gasteiger partial charge on any atom is -0.470 e. The van der Waals surface area contributed by atoms with E-state index in [2.05, 4.69) is 43.1 Å². The Kier molecular flexibility index (Phi) is 17.0. The van der Waals surface area contributed by atoms with Gasteiger partial charge >= 0.3 is 17.9 Å². The number of benzene rings is 1. The van der Waals surface area contributed by atoms with E-state index in [1.807, 2.05) is 11.8 Å². The maximum absolute atomic E-state index is 13.6. The van der Waals surface area contributed by atoms with Gasteiger partial charge in [0.15, 0.2) is 12.2 Å². The van der Waals surface area contributed by atoms with Gasteiger partial charge in [-0.25, -0.2) is 0 Å². The molecule has 0 bridgehead atoms. The van der Waals surface area contributed by atoms with Crippen molar-refractivity contribution in [3.63, 3.8) is 0 Å². The number of esters is 3. The zero-order valence-corrected chi connectivity index (χ0v) is 38.9. The maximum atomic E-state index is 13.6. The Morgan fingerprint density at radius 1 is 1.03 bits per heavy atom. The highest BCUT2D eigenvalue weighted by Gasteiger charge is 2.35. The van der Waals surface area contributed by atoms with E-state index in [0.717, 1.165) is 31.4 Å². The lowest BCUT2D eigenvalue weighted by atomic mass is 10.0. The summed E-state index contributed by atoms with van der Waals surface area (Å²) in [7, 11) is 0. The summed E-state index contributed by atoms with van der Waals surface area (Å²) in [4.78, 5) is 87.0. The first-order chi connectivity index (χ1) is 30.4. The second-order valence-electron chi connectivity index (χ2n) is 16.4. The molecule has 4 heterocycles. The van der Waals surface area contributed by atoms with Crippen molar-refractivity contribution in [1.82, 2.24) is 28.8 Å². The number of likely N-dealkylation sites (N-methyl/N-ethyl adjacent to an activating group) is 1. The number of carbonyl (C=O) groups excluding carboxylic acids is 6. The van der Waals surface area contributed by atoms with Crippen molar-refractivity contribution >= 4 is 70.5 Å². The molecule has 0 radical (unpaired) electrons. The van der Waals surface area contributed by atoms with Crippen LogP contribution in [0.15, 0.2) is 18.2 Å². The van der Waals surface area contributed by atoms with E-state index >= 15 is 0 Å². The normalized spacial score (nSPS) is 15.3. The number of carbonyl (C=O) groups is 6. The van der Waals surface area contributed by atoms with Gasteiger partial charge in [0.1, 0.15) is 12.4 Å². The van der Waals surface area contributed by atoms with E-state index in [4.69, 9.17) is 23.7 Å². The quantitative estimate of drug-likeness (QED) is 0.0824. The number of H-pyrrole nitrogens is 1. The van der Waals surface area contributed by atoms with Crippen molar-refractivity contribution in [2.45, 2.75) is 92.9 Å². The molecule has 3 aromatic rings. The van der Waals surface area contributed by atoms with Crippen molar-refractivity contribution < 1.29 is 52.5 Å². The smallest absolute Gasteiger partial charge is 0.311 e. The van der Waals surface area contributed by atoms with E-state index in [9.17, 15) is 28.8 Å². The number of amides is 3. The van der Waals surface area contributed by atoms with E-state index < -0.39 is 41.6 Å². The summed E-state index contributed by atoms with van der Waals surface area (Å²) in [5.74, 6) is -2.30. The van der Waals surface area contributed by atoms with Crippen LogP contribution in [0.2, 0.25) is 0 Å². The molecule has 3 amide bonds. The highest BCUT2D eigenvalue weighted by molar-refractivity contribution is 6.99. The molecule has 0 spiro atoms. The van der Waals surface area contributed by atoms with Crippen LogP contribution in [-0.2, 0) is 38.2 Å². The summed E-state index contributed by atoms with van der Waals surface area (Å²) in [5, 5.41) is 5.82. The molecule has 2 atom stereocenters. The number of anilines is 2. The number of aryl methyl sites for hydroxylation is 1. The Bertz CT molecular complexity index is 2200. The second kappa shape index (κ2) is 22.2. The van der Waals surface area contributed by atoms with E-state index in [-0.39, 0.29) is 49.4 Å². The largest absolute Gasteiger partial charge is 0.470 e. The van der Waals surface area contributed by atoms with Crippen molar-refractivity contribution in [3.8, 4) is 11.6 Å². The Morgan fingerprint density at radius 2 is 1.73 bits per heavy atom. The molecule has 0 saturated carbocycles. The zero-order chi connectivity index (χ0) is 46.7. The molecule has 2 aromatic heterocycles. The fourth-order valence-electron chi connectivity index (χ4n) is 7.31. The fourth-order valence-corrected chi connectivity index (χ4v) is 7.83. The first-order valence-electron chi connectivity index (χ1n) is 21.4. The molecule has 1 fully saturated rings. The maximum Gasteiger partial charge on any atom is 0.311 e. The molecule has 64 heavy (non-hydrogen) atoms. The SMILES string of the molecule is CCN(CC)CCNC(=O)c1c(C)[nH]c(/C=C2\C(=O)Nc3ccc(OC(=O)CCC(=O)O[C@H](COc4nsnc4N4CCOCC4)CN(C(=O)C(C)OC(C)=O)C(C)(C)C)cc32)c1C. The van der Waals surface area contributed by atoms with Crippen molar-refractivity contribution in [2.24, 2.45) is 0 Å². The molecule has 19 nitrogen and oxygen atoms in total. The summed E-state index contributed by atoms with van der Waals surface area (Å²) < 4.78 is 36.8. The number of hydrogen-bond donors (Lipinski definition) is 3. The summed E-state index contributed by atoms with van der Waals surface area (Å²) in [5.41, 5.74) is 2.95. The van der Waals surface area contributed by atoms with Crippen LogP contribution in [-0.4, -0.2) is 143 Å². The van der Waals surface area contributed by atoms with E-state index in [0.29, 0.717) is 78.0 Å². The van der Waals surface area contributed by atoms with Crippen LogP contribution in [0.25, 0.3) is 11.6 Å². The highest BCUT2D eigenvalue weighted by Crippen LogP contribution is 2.37. The van der Waals surface area contributed by atoms with Gasteiger partial charge in [0.25, 0.3) is 23.6 Å². The predicted octanol–water partition coefficient (Wildman–Crippen LogP) is 4.14. The molecule has 348 valence electrons. The second-order valence-corrected chi connectivity index (χ2v) is 17.0. The first-order valence-corrected chi connectivity index (χ1v) is 22.2. The number of aromatic nitrogens is 3. The van der Waals surface area contributed by atoms with Crippen LogP contribution in [0.4, 0.5) is 11.5 Å². The minimum absolute atomic E-state index is 0.140. The van der Waals surface area contributed by atoms with Crippen LogP contribution in [0.5, 0.6) is 11.6 Å². The first kappa shape index (κ1) is 49.2. The van der Waals surface area contributed by atoms with Crippen molar-refractivity contribution in [1.29, 1.82) is 0 Å². The third-order valence-electron chi connectivity index (χ3n) is 10.7. The van der Waals surface area contributed by atoms with Crippen LogP contribution >= 0.6 is 11.7 Å². The highest BCUT2D eigenvalue weighted by atomic mass is 32.1. The molecular formula is C44H60N8O11S. The van der Waals surface area contributed by atoms with Crippen LogP contribution in [0.1, 0.15) is 94.2 Å². The van der Waals surface area contributed by atoms with Gasteiger partial charge in [-0.2, -0.15) is 4.37 Å². The lowest BCUT2D eigenvalue weighted by molar-refractivity contribution is -0.164. The summed E-state index contributed by atoms with van der Waals surface area (Å²) in [6, 6.07) is 4.70. The molecule has 0 aliphatic carbocycles. The number of morpholine rings is 1.